The van der Waals surface area contributed by atoms with Crippen LogP contribution in [-0.4, -0.2) is 22.7 Å². The number of hydrogen-bond donors (Lipinski definition) is 2. The van der Waals surface area contributed by atoms with Crippen molar-refractivity contribution in [3.8, 4) is 5.75 Å². The number of aryl methyl sites for hydroxylation is 1. The number of benzene rings is 2. The lowest BCUT2D eigenvalue weighted by molar-refractivity contribution is -0.139. The molecule has 0 fully saturated rings. The minimum Gasteiger partial charge on any atom is -0.481 e. The zero-order valence-electron chi connectivity index (χ0n) is 13.8. The van der Waals surface area contributed by atoms with Gasteiger partial charge in [-0.15, -0.1) is 0 Å². The van der Waals surface area contributed by atoms with Crippen molar-refractivity contribution in [1.29, 1.82) is 0 Å². The fourth-order valence-electron chi connectivity index (χ4n) is 2.84. The molecule has 1 heterocycles. The van der Waals surface area contributed by atoms with E-state index in [2.05, 4.69) is 20.9 Å². The molecule has 0 radical (unpaired) electrons. The van der Waals surface area contributed by atoms with Crippen molar-refractivity contribution in [1.82, 2.24) is 4.98 Å². The van der Waals surface area contributed by atoms with Gasteiger partial charge in [-0.3, -0.25) is 4.79 Å². The van der Waals surface area contributed by atoms with Gasteiger partial charge in [-0.05, 0) is 42.3 Å². The number of ether oxygens (including phenoxy) is 1. The van der Waals surface area contributed by atoms with E-state index in [4.69, 9.17) is 21.4 Å². The van der Waals surface area contributed by atoms with E-state index in [1.807, 2.05) is 31.2 Å². The van der Waals surface area contributed by atoms with E-state index in [1.54, 1.807) is 12.1 Å². The van der Waals surface area contributed by atoms with Crippen LogP contribution in [0.4, 0.5) is 0 Å². The van der Waals surface area contributed by atoms with Gasteiger partial charge in [0, 0.05) is 21.8 Å². The van der Waals surface area contributed by atoms with Crippen LogP contribution in [0, 0.1) is 6.92 Å². The smallest absolute Gasteiger partial charge is 0.341 e. The number of nitrogens with one attached hydrogen (secondary N) is 1. The van der Waals surface area contributed by atoms with Gasteiger partial charge >= 0.3 is 5.97 Å². The molecule has 2 aromatic carbocycles. The molecular weight excluding hydrogens is 422 g/mol. The summed E-state index contributed by atoms with van der Waals surface area (Å²) in [5.74, 6) is -0.706. The van der Waals surface area contributed by atoms with Gasteiger partial charge in [-0.25, -0.2) is 4.79 Å². The predicted octanol–water partition coefficient (Wildman–Crippen LogP) is 4.31. The van der Waals surface area contributed by atoms with Crippen molar-refractivity contribution in [2.75, 3.05) is 6.61 Å². The topological polar surface area (TPSA) is 79.4 Å². The average molecular weight is 437 g/mol. The monoisotopic (exact) mass is 435 g/mol. The number of hydrogen-bond acceptors (Lipinski definition) is 3. The van der Waals surface area contributed by atoms with Gasteiger partial charge < -0.3 is 14.8 Å². The minimum atomic E-state index is -1.08. The molecule has 0 saturated carbocycles. The molecule has 134 valence electrons. The molecule has 0 spiro atoms. The summed E-state index contributed by atoms with van der Waals surface area (Å²) in [5, 5.41) is 9.86. The predicted molar refractivity (Wildman–Crippen MR) is 104 cm³/mol. The van der Waals surface area contributed by atoms with Gasteiger partial charge in [-0.2, -0.15) is 0 Å². The number of H-pyrrole nitrogens is 1. The molecule has 2 N–H and O–H groups in total. The molecular formula is C19H15BrClNO4. The lowest BCUT2D eigenvalue weighted by atomic mass is 9.98. The third kappa shape index (κ3) is 3.76. The number of aliphatic carboxylic acids is 1. The van der Waals surface area contributed by atoms with E-state index in [-0.39, 0.29) is 5.56 Å². The average Bonchev–Trinajstić information content (AvgIpc) is 2.60. The lowest BCUT2D eigenvalue weighted by Gasteiger charge is -2.14. The van der Waals surface area contributed by atoms with Crippen LogP contribution in [0.25, 0.3) is 10.9 Å². The fraction of sp³-hybridized carbons (Fsp3) is 0.158. The molecule has 0 amide bonds. The number of aromatic nitrogens is 1. The highest BCUT2D eigenvalue weighted by Gasteiger charge is 2.16. The van der Waals surface area contributed by atoms with E-state index in [0.29, 0.717) is 33.7 Å². The molecule has 0 unspecified atom stereocenters. The van der Waals surface area contributed by atoms with E-state index in [9.17, 15) is 9.59 Å². The number of rotatable bonds is 5. The van der Waals surface area contributed by atoms with Gasteiger partial charge in [0.15, 0.2) is 6.61 Å². The van der Waals surface area contributed by atoms with Crippen molar-refractivity contribution in [3.63, 3.8) is 0 Å². The van der Waals surface area contributed by atoms with E-state index in [1.165, 1.54) is 0 Å². The first-order chi connectivity index (χ1) is 12.4. The van der Waals surface area contributed by atoms with Crippen LogP contribution in [0.1, 0.15) is 16.7 Å². The van der Waals surface area contributed by atoms with Crippen LogP contribution in [0.3, 0.4) is 0 Å². The van der Waals surface area contributed by atoms with Crippen molar-refractivity contribution in [2.45, 2.75) is 13.3 Å². The number of carboxylic acid groups (broad SMARTS) is 1. The van der Waals surface area contributed by atoms with Crippen LogP contribution in [0.5, 0.6) is 5.75 Å². The summed E-state index contributed by atoms with van der Waals surface area (Å²) in [4.78, 5) is 26.2. The van der Waals surface area contributed by atoms with E-state index in [0.717, 1.165) is 15.6 Å². The maximum atomic E-state index is 12.6. The van der Waals surface area contributed by atoms with Gasteiger partial charge in [-0.1, -0.05) is 39.7 Å². The summed E-state index contributed by atoms with van der Waals surface area (Å²) >= 11 is 9.61. The fourth-order valence-corrected chi connectivity index (χ4v) is 3.31. The Morgan fingerprint density at radius 3 is 2.58 bits per heavy atom. The molecule has 0 aliphatic rings. The molecule has 0 bridgehead atoms. The third-order valence-corrected chi connectivity index (χ3v) is 4.95. The van der Waals surface area contributed by atoms with Crippen molar-refractivity contribution in [3.05, 3.63) is 72.9 Å². The number of carboxylic acids is 1. The zero-order chi connectivity index (χ0) is 18.8. The number of halogens is 2. The first kappa shape index (κ1) is 18.5. The Kier molecular flexibility index (Phi) is 5.34. The second-order valence-corrected chi connectivity index (χ2v) is 7.16. The van der Waals surface area contributed by atoms with Crippen LogP contribution in [-0.2, 0) is 11.2 Å². The molecule has 0 aliphatic carbocycles. The Hall–Kier alpha value is -2.31. The second-order valence-electron chi connectivity index (χ2n) is 5.84. The highest BCUT2D eigenvalue weighted by Crippen LogP contribution is 2.33. The van der Waals surface area contributed by atoms with Crippen LogP contribution in [0.2, 0.25) is 5.02 Å². The van der Waals surface area contributed by atoms with Gasteiger partial charge in [0.2, 0.25) is 0 Å². The Bertz CT molecular complexity index is 1040. The van der Waals surface area contributed by atoms with Gasteiger partial charge in [0.1, 0.15) is 5.75 Å². The number of carbonyl (C=O) groups is 1. The zero-order valence-corrected chi connectivity index (χ0v) is 16.1. The third-order valence-electron chi connectivity index (χ3n) is 4.10. The highest BCUT2D eigenvalue weighted by molar-refractivity contribution is 9.10. The standard InChI is InChI=1S/C19H15BrClNO4/c1-10-13(8-11-2-4-12(20)5-3-11)19(25)22-18-14(21)6-7-15(17(10)18)26-9-16(23)24/h2-7H,8-9H2,1H3,(H,22,25)(H,23,24). The van der Waals surface area contributed by atoms with Gasteiger partial charge in [0.05, 0.1) is 10.5 Å². The van der Waals surface area contributed by atoms with Crippen molar-refractivity contribution < 1.29 is 14.6 Å². The second kappa shape index (κ2) is 7.51. The Labute approximate surface area is 162 Å². The first-order valence-corrected chi connectivity index (χ1v) is 8.97. The van der Waals surface area contributed by atoms with E-state index < -0.39 is 12.6 Å². The largest absolute Gasteiger partial charge is 0.481 e. The summed E-state index contributed by atoms with van der Waals surface area (Å²) in [7, 11) is 0. The van der Waals surface area contributed by atoms with E-state index >= 15 is 0 Å². The SMILES string of the molecule is Cc1c(Cc2ccc(Br)cc2)c(=O)[nH]c2c(Cl)ccc(OCC(=O)O)c12. The minimum absolute atomic E-state index is 0.227. The highest BCUT2D eigenvalue weighted by atomic mass is 79.9. The summed E-state index contributed by atoms with van der Waals surface area (Å²) < 4.78 is 6.35. The lowest BCUT2D eigenvalue weighted by Crippen LogP contribution is -2.16. The Morgan fingerprint density at radius 1 is 1.23 bits per heavy atom. The quantitative estimate of drug-likeness (QED) is 0.625. The number of fused-ring (bicyclic) bond motifs is 1. The maximum Gasteiger partial charge on any atom is 0.341 e. The molecule has 0 saturated heterocycles. The number of aromatic amines is 1. The molecule has 26 heavy (non-hydrogen) atoms. The molecule has 0 aliphatic heterocycles. The maximum absolute atomic E-state index is 12.6. The molecule has 1 aromatic heterocycles. The molecule has 5 nitrogen and oxygen atoms in total. The normalized spacial score (nSPS) is 10.9. The van der Waals surface area contributed by atoms with Crippen LogP contribution < -0.4 is 10.3 Å². The Morgan fingerprint density at radius 2 is 1.92 bits per heavy atom. The summed E-state index contributed by atoms with van der Waals surface area (Å²) in [6.07, 6.45) is 0.440. The molecule has 0 atom stereocenters. The van der Waals surface area contributed by atoms with Crippen molar-refractivity contribution >= 4 is 44.4 Å². The van der Waals surface area contributed by atoms with Crippen LogP contribution in [0.15, 0.2) is 45.7 Å². The summed E-state index contributed by atoms with van der Waals surface area (Å²) in [6.45, 7) is 1.34. The summed E-state index contributed by atoms with van der Waals surface area (Å²) in [5.41, 5.74) is 2.50. The molecule has 3 aromatic rings. The van der Waals surface area contributed by atoms with Crippen LogP contribution >= 0.6 is 27.5 Å². The molecule has 7 heteroatoms. The molecule has 3 rings (SSSR count). The van der Waals surface area contributed by atoms with Crippen molar-refractivity contribution in [2.24, 2.45) is 0 Å². The first-order valence-electron chi connectivity index (χ1n) is 7.80. The van der Waals surface area contributed by atoms with Gasteiger partial charge in [0.25, 0.3) is 5.56 Å². The number of pyridine rings is 1. The Balaban J connectivity index is 2.15. The summed E-state index contributed by atoms with van der Waals surface area (Å²) in [6, 6.07) is 10.9.